The summed E-state index contributed by atoms with van der Waals surface area (Å²) >= 11 is 0. The summed E-state index contributed by atoms with van der Waals surface area (Å²) in [4.78, 5) is 15.8. The van der Waals surface area contributed by atoms with Crippen LogP contribution < -0.4 is 10.6 Å². The Labute approximate surface area is 133 Å². The molecular formula is C14H23Cl2N3O. The maximum absolute atomic E-state index is 11.8. The van der Waals surface area contributed by atoms with Gasteiger partial charge in [-0.15, -0.1) is 24.8 Å². The van der Waals surface area contributed by atoms with E-state index >= 15 is 0 Å². The summed E-state index contributed by atoms with van der Waals surface area (Å²) in [6.07, 6.45) is 2.09. The van der Waals surface area contributed by atoms with Crippen LogP contribution in [0.15, 0.2) is 24.3 Å². The first-order valence-corrected chi connectivity index (χ1v) is 6.40. The van der Waals surface area contributed by atoms with E-state index in [1.165, 1.54) is 11.3 Å². The van der Waals surface area contributed by atoms with Crippen molar-refractivity contribution in [3.05, 3.63) is 29.8 Å². The zero-order chi connectivity index (χ0) is 13.1. The molecule has 0 bridgehead atoms. The molecule has 1 saturated heterocycles. The van der Waals surface area contributed by atoms with Crippen LogP contribution in [-0.2, 0) is 4.79 Å². The number of carbonyl (C=O) groups excluding carboxylic acids is 1. The molecule has 0 saturated carbocycles. The Morgan fingerprint density at radius 2 is 2.10 bits per heavy atom. The molecule has 1 aliphatic heterocycles. The minimum Gasteiger partial charge on any atom is -0.378 e. The fourth-order valence-corrected chi connectivity index (χ4v) is 2.54. The van der Waals surface area contributed by atoms with E-state index < -0.39 is 0 Å². The van der Waals surface area contributed by atoms with Gasteiger partial charge in [0, 0.05) is 26.3 Å². The lowest BCUT2D eigenvalue weighted by Crippen LogP contribution is -2.35. The molecule has 6 heteroatoms. The lowest BCUT2D eigenvalue weighted by atomic mass is 10.0. The Morgan fingerprint density at radius 3 is 2.70 bits per heavy atom. The lowest BCUT2D eigenvalue weighted by molar-refractivity contribution is -0.130. The Balaban J connectivity index is 0.00000180. The van der Waals surface area contributed by atoms with Gasteiger partial charge in [-0.3, -0.25) is 4.79 Å². The lowest BCUT2D eigenvalue weighted by Gasteiger charge is -2.25. The van der Waals surface area contributed by atoms with Crippen molar-refractivity contribution in [3.63, 3.8) is 0 Å². The third-order valence-corrected chi connectivity index (χ3v) is 3.52. The number of carbonyl (C=O) groups is 1. The van der Waals surface area contributed by atoms with Crippen LogP contribution >= 0.6 is 24.8 Å². The molecule has 2 rings (SSSR count). The maximum atomic E-state index is 11.8. The quantitative estimate of drug-likeness (QED) is 0.929. The summed E-state index contributed by atoms with van der Waals surface area (Å²) in [6.45, 7) is 0.927. The molecule has 1 heterocycles. The van der Waals surface area contributed by atoms with Crippen molar-refractivity contribution in [1.82, 2.24) is 4.90 Å². The largest absolute Gasteiger partial charge is 0.378 e. The van der Waals surface area contributed by atoms with E-state index in [1.54, 1.807) is 0 Å². The van der Waals surface area contributed by atoms with Gasteiger partial charge in [0.25, 0.3) is 0 Å². The Kier molecular flexibility index (Phi) is 7.94. The maximum Gasteiger partial charge on any atom is 0.236 e. The summed E-state index contributed by atoms with van der Waals surface area (Å²) in [6, 6.07) is 8.58. The van der Waals surface area contributed by atoms with E-state index in [2.05, 4.69) is 23.1 Å². The molecule has 0 aromatic heterocycles. The summed E-state index contributed by atoms with van der Waals surface area (Å²) in [7, 11) is 4.05. The number of hydrogen-bond donors (Lipinski definition) is 1. The van der Waals surface area contributed by atoms with Gasteiger partial charge >= 0.3 is 0 Å². The Hall–Kier alpha value is -0.970. The Morgan fingerprint density at radius 1 is 1.40 bits per heavy atom. The van der Waals surface area contributed by atoms with Gasteiger partial charge in [0.1, 0.15) is 0 Å². The van der Waals surface area contributed by atoms with Crippen molar-refractivity contribution in [2.24, 2.45) is 5.73 Å². The van der Waals surface area contributed by atoms with Crippen LogP contribution in [0, 0.1) is 0 Å². The third-order valence-electron chi connectivity index (χ3n) is 3.52. The molecular weight excluding hydrogens is 297 g/mol. The first kappa shape index (κ1) is 19.0. The number of hydrogen-bond acceptors (Lipinski definition) is 3. The number of halogens is 2. The predicted octanol–water partition coefficient (Wildman–Crippen LogP) is 2.22. The number of likely N-dealkylation sites (tertiary alicyclic amines) is 1. The Bertz CT molecular complexity index is 440. The van der Waals surface area contributed by atoms with Crippen molar-refractivity contribution in [2.75, 3.05) is 32.1 Å². The van der Waals surface area contributed by atoms with Gasteiger partial charge in [-0.25, -0.2) is 0 Å². The molecule has 0 spiro atoms. The molecule has 1 unspecified atom stereocenters. The van der Waals surface area contributed by atoms with Gasteiger partial charge in [0.15, 0.2) is 0 Å². The molecule has 1 aromatic carbocycles. The van der Waals surface area contributed by atoms with Crippen molar-refractivity contribution in [3.8, 4) is 0 Å². The van der Waals surface area contributed by atoms with Crippen molar-refractivity contribution >= 4 is 36.4 Å². The van der Waals surface area contributed by atoms with Crippen molar-refractivity contribution in [2.45, 2.75) is 18.9 Å². The van der Waals surface area contributed by atoms with Gasteiger partial charge in [-0.1, -0.05) is 12.1 Å². The molecule has 0 radical (unpaired) electrons. The zero-order valence-electron chi connectivity index (χ0n) is 11.9. The fraction of sp³-hybridized carbons (Fsp3) is 0.500. The van der Waals surface area contributed by atoms with E-state index in [0.717, 1.165) is 19.4 Å². The smallest absolute Gasteiger partial charge is 0.236 e. The normalized spacial score (nSPS) is 17.1. The minimum absolute atomic E-state index is 0. The molecule has 4 nitrogen and oxygen atoms in total. The highest BCUT2D eigenvalue weighted by atomic mass is 35.5. The van der Waals surface area contributed by atoms with Gasteiger partial charge in [0.2, 0.25) is 5.91 Å². The molecule has 1 amide bonds. The summed E-state index contributed by atoms with van der Waals surface area (Å²) < 4.78 is 0. The first-order valence-electron chi connectivity index (χ1n) is 6.40. The first-order chi connectivity index (χ1) is 8.63. The van der Waals surface area contributed by atoms with Crippen LogP contribution in [0.1, 0.15) is 24.4 Å². The molecule has 1 aromatic rings. The van der Waals surface area contributed by atoms with Crippen molar-refractivity contribution in [1.29, 1.82) is 0 Å². The van der Waals surface area contributed by atoms with Crippen LogP contribution in [-0.4, -0.2) is 38.0 Å². The van der Waals surface area contributed by atoms with E-state index in [9.17, 15) is 4.79 Å². The second kappa shape index (κ2) is 8.35. The third kappa shape index (κ3) is 4.01. The average molecular weight is 320 g/mol. The van der Waals surface area contributed by atoms with Gasteiger partial charge in [0.05, 0.1) is 12.6 Å². The summed E-state index contributed by atoms with van der Waals surface area (Å²) in [5, 5.41) is 0. The molecule has 0 aliphatic carbocycles. The molecule has 2 N–H and O–H groups in total. The summed E-state index contributed by atoms with van der Waals surface area (Å²) in [5.74, 6) is 0.0488. The molecule has 20 heavy (non-hydrogen) atoms. The highest BCUT2D eigenvalue weighted by molar-refractivity contribution is 5.85. The van der Waals surface area contributed by atoms with Gasteiger partial charge < -0.3 is 15.5 Å². The number of rotatable bonds is 3. The highest BCUT2D eigenvalue weighted by Gasteiger charge is 2.29. The van der Waals surface area contributed by atoms with Gasteiger partial charge in [-0.05, 0) is 30.5 Å². The zero-order valence-corrected chi connectivity index (χ0v) is 13.5. The standard InChI is InChI=1S/C14H21N3O.2ClH/c1-16(2)12-6-3-5-11(9-12)13-7-4-8-17(13)14(18)10-15;;/h3,5-6,9,13H,4,7-8,10,15H2,1-2H3;2*1H. The number of anilines is 1. The van der Waals surface area contributed by atoms with Crippen LogP contribution in [0.4, 0.5) is 5.69 Å². The fourth-order valence-electron chi connectivity index (χ4n) is 2.54. The molecule has 1 fully saturated rings. The van der Waals surface area contributed by atoms with Crippen LogP contribution in [0.25, 0.3) is 0 Å². The SMILES string of the molecule is CN(C)c1cccc(C2CCCN2C(=O)CN)c1.Cl.Cl. The number of nitrogens with two attached hydrogens (primary N) is 1. The predicted molar refractivity (Wildman–Crippen MR) is 88.0 cm³/mol. The van der Waals surface area contributed by atoms with E-state index in [-0.39, 0.29) is 43.3 Å². The van der Waals surface area contributed by atoms with Crippen molar-refractivity contribution < 1.29 is 4.79 Å². The minimum atomic E-state index is 0. The van der Waals surface area contributed by atoms with E-state index in [1.807, 2.05) is 25.1 Å². The average Bonchev–Trinajstić information content (AvgIpc) is 2.87. The van der Waals surface area contributed by atoms with E-state index in [0.29, 0.717) is 0 Å². The molecule has 1 atom stereocenters. The summed E-state index contributed by atoms with van der Waals surface area (Å²) in [5.41, 5.74) is 7.85. The number of benzene rings is 1. The van der Waals surface area contributed by atoms with Crippen LogP contribution in [0.3, 0.4) is 0 Å². The van der Waals surface area contributed by atoms with Crippen LogP contribution in [0.5, 0.6) is 0 Å². The second-order valence-electron chi connectivity index (χ2n) is 4.94. The highest BCUT2D eigenvalue weighted by Crippen LogP contribution is 2.33. The molecule has 114 valence electrons. The van der Waals surface area contributed by atoms with E-state index in [4.69, 9.17) is 5.73 Å². The molecule has 1 aliphatic rings. The van der Waals surface area contributed by atoms with Gasteiger partial charge in [-0.2, -0.15) is 0 Å². The number of nitrogens with zero attached hydrogens (tertiary/aromatic N) is 2. The monoisotopic (exact) mass is 319 g/mol. The topological polar surface area (TPSA) is 49.6 Å². The second-order valence-corrected chi connectivity index (χ2v) is 4.94. The van der Waals surface area contributed by atoms with Crippen LogP contribution in [0.2, 0.25) is 0 Å². The number of amides is 1.